The van der Waals surface area contributed by atoms with E-state index in [9.17, 15) is 9.59 Å². The van der Waals surface area contributed by atoms with E-state index in [2.05, 4.69) is 22.5 Å². The Balaban J connectivity index is 2.51. The van der Waals surface area contributed by atoms with Crippen LogP contribution in [0.1, 0.15) is 5.56 Å². The van der Waals surface area contributed by atoms with Gasteiger partial charge in [0.15, 0.2) is 0 Å². The quantitative estimate of drug-likeness (QED) is 0.563. The fourth-order valence-electron chi connectivity index (χ4n) is 1.25. The van der Waals surface area contributed by atoms with Crippen molar-refractivity contribution in [2.24, 2.45) is 5.73 Å². The van der Waals surface area contributed by atoms with Gasteiger partial charge in [0.2, 0.25) is 0 Å². The van der Waals surface area contributed by atoms with Crippen LogP contribution in [-0.2, 0) is 16.1 Å². The van der Waals surface area contributed by atoms with Gasteiger partial charge in [0.1, 0.15) is 0 Å². The summed E-state index contributed by atoms with van der Waals surface area (Å²) in [6, 6.07) is 3.55. The van der Waals surface area contributed by atoms with E-state index in [1.165, 1.54) is 4.90 Å². The van der Waals surface area contributed by atoms with E-state index < -0.39 is 11.8 Å². The zero-order valence-corrected chi connectivity index (χ0v) is 10.7. The summed E-state index contributed by atoms with van der Waals surface area (Å²) in [6.07, 6.45) is 3.25. The first-order valence-corrected chi connectivity index (χ1v) is 5.62. The van der Waals surface area contributed by atoms with Gasteiger partial charge in [-0.05, 0) is 17.7 Å². The van der Waals surface area contributed by atoms with Gasteiger partial charge < -0.3 is 16.0 Å². The smallest absolute Gasteiger partial charge is 0.311 e. The minimum Gasteiger partial charge on any atom is -0.392 e. The summed E-state index contributed by atoms with van der Waals surface area (Å²) in [5.74, 6) is -1.36. The predicted molar refractivity (Wildman–Crippen MR) is 70.5 cm³/mol. The normalized spacial score (nSPS) is 9.61. The molecule has 96 valence electrons. The Kier molecular flexibility index (Phi) is 5.19. The van der Waals surface area contributed by atoms with Crippen molar-refractivity contribution >= 4 is 29.0 Å². The van der Waals surface area contributed by atoms with E-state index in [0.717, 1.165) is 5.56 Å². The van der Waals surface area contributed by atoms with E-state index in [0.29, 0.717) is 6.54 Å². The summed E-state index contributed by atoms with van der Waals surface area (Å²) in [4.78, 5) is 28.4. The Morgan fingerprint density at radius 1 is 1.44 bits per heavy atom. The highest BCUT2D eigenvalue weighted by Gasteiger charge is 2.18. The van der Waals surface area contributed by atoms with Crippen molar-refractivity contribution < 1.29 is 9.59 Å². The molecule has 0 aliphatic heterocycles. The van der Waals surface area contributed by atoms with Gasteiger partial charge in [-0.1, -0.05) is 12.2 Å². The molecule has 6 nitrogen and oxygen atoms in total. The predicted octanol–water partition coefficient (Wildman–Crippen LogP) is -0.558. The van der Waals surface area contributed by atoms with Crippen LogP contribution in [0, 0.1) is 0 Å². The van der Waals surface area contributed by atoms with Gasteiger partial charge in [-0.15, -0.1) is 0 Å². The number of amides is 2. The number of aromatic nitrogens is 1. The van der Waals surface area contributed by atoms with Crippen LogP contribution in [0.4, 0.5) is 0 Å². The monoisotopic (exact) mass is 266 g/mol. The van der Waals surface area contributed by atoms with E-state index in [4.69, 9.17) is 5.73 Å². The van der Waals surface area contributed by atoms with Crippen molar-refractivity contribution in [2.45, 2.75) is 6.54 Å². The van der Waals surface area contributed by atoms with Crippen molar-refractivity contribution in [3.8, 4) is 0 Å². The molecule has 1 heterocycles. The molecule has 3 N–H and O–H groups in total. The maximum absolute atomic E-state index is 11.7. The molecule has 1 aromatic heterocycles. The summed E-state index contributed by atoms with van der Waals surface area (Å²) in [7, 11) is 1.54. The van der Waals surface area contributed by atoms with Crippen LogP contribution in [0.5, 0.6) is 0 Å². The number of rotatable bonds is 4. The van der Waals surface area contributed by atoms with Crippen molar-refractivity contribution in [3.63, 3.8) is 0 Å². The fraction of sp³-hybridized carbons (Fsp3) is 0.273. The van der Waals surface area contributed by atoms with Crippen LogP contribution in [-0.4, -0.2) is 40.3 Å². The van der Waals surface area contributed by atoms with Crippen LogP contribution in [0.2, 0.25) is 0 Å². The van der Waals surface area contributed by atoms with E-state index in [1.807, 2.05) is 0 Å². The number of nitrogens with one attached hydrogen (secondary N) is 1. The molecule has 2 amide bonds. The Morgan fingerprint density at radius 3 is 2.61 bits per heavy atom. The molecular formula is C11H14N4O2S. The zero-order chi connectivity index (χ0) is 13.5. The minimum atomic E-state index is -0.723. The number of nitrogens with two attached hydrogens (primary N) is 1. The Labute approximate surface area is 110 Å². The van der Waals surface area contributed by atoms with E-state index in [-0.39, 0.29) is 11.5 Å². The number of carbonyl (C=O) groups excluding carboxylic acids is 2. The van der Waals surface area contributed by atoms with Crippen molar-refractivity contribution in [1.82, 2.24) is 15.2 Å². The average Bonchev–Trinajstić information content (AvgIpc) is 2.36. The molecule has 0 fully saturated rings. The lowest BCUT2D eigenvalue weighted by Gasteiger charge is -2.16. The fourth-order valence-corrected chi connectivity index (χ4v) is 1.32. The van der Waals surface area contributed by atoms with Gasteiger partial charge in [-0.3, -0.25) is 14.6 Å². The Morgan fingerprint density at radius 2 is 2.06 bits per heavy atom. The zero-order valence-electron chi connectivity index (χ0n) is 9.92. The molecule has 7 heteroatoms. The highest BCUT2D eigenvalue weighted by Crippen LogP contribution is 2.01. The topological polar surface area (TPSA) is 88.3 Å². The number of likely N-dealkylation sites (N-methyl/N-ethyl adjacent to an activating group) is 1. The molecule has 1 aromatic rings. The number of hydrogen-bond donors (Lipinski definition) is 2. The second-order valence-corrected chi connectivity index (χ2v) is 4.19. The molecule has 0 spiro atoms. The van der Waals surface area contributed by atoms with Crippen LogP contribution in [0.15, 0.2) is 24.5 Å². The van der Waals surface area contributed by atoms with E-state index in [1.54, 1.807) is 31.6 Å². The highest BCUT2D eigenvalue weighted by molar-refractivity contribution is 7.80. The second-order valence-electron chi connectivity index (χ2n) is 3.67. The number of hydrogen-bond acceptors (Lipinski definition) is 4. The summed E-state index contributed by atoms with van der Waals surface area (Å²) < 4.78 is 0. The van der Waals surface area contributed by atoms with Gasteiger partial charge in [0, 0.05) is 26.0 Å². The molecule has 18 heavy (non-hydrogen) atoms. The SMILES string of the molecule is CN(Cc1ccncc1)C(=O)C(=O)NCC(N)=S. The molecule has 0 atom stereocenters. The molecule has 0 aromatic carbocycles. The average molecular weight is 266 g/mol. The standard InChI is InChI=1S/C11H14N4O2S/c1-15(7-8-2-4-13-5-3-8)11(17)10(16)14-6-9(12)18/h2-5H,6-7H2,1H3,(H2,12,18)(H,14,16). The van der Waals surface area contributed by atoms with Gasteiger partial charge in [-0.25, -0.2) is 0 Å². The molecule has 0 saturated heterocycles. The maximum atomic E-state index is 11.7. The first-order valence-electron chi connectivity index (χ1n) is 5.21. The molecule has 0 bridgehead atoms. The van der Waals surface area contributed by atoms with Gasteiger partial charge in [-0.2, -0.15) is 0 Å². The molecular weight excluding hydrogens is 252 g/mol. The highest BCUT2D eigenvalue weighted by atomic mass is 32.1. The molecule has 0 aliphatic carbocycles. The van der Waals surface area contributed by atoms with Gasteiger partial charge >= 0.3 is 11.8 Å². The first-order chi connectivity index (χ1) is 8.50. The number of thiocarbonyl (C=S) groups is 1. The van der Waals surface area contributed by atoms with Crippen LogP contribution < -0.4 is 11.1 Å². The van der Waals surface area contributed by atoms with Crippen molar-refractivity contribution in [1.29, 1.82) is 0 Å². The van der Waals surface area contributed by atoms with E-state index >= 15 is 0 Å². The number of nitrogens with zero attached hydrogens (tertiary/aromatic N) is 2. The van der Waals surface area contributed by atoms with Crippen LogP contribution >= 0.6 is 12.2 Å². The lowest BCUT2D eigenvalue weighted by Crippen LogP contribution is -2.43. The summed E-state index contributed by atoms with van der Waals surface area (Å²) >= 11 is 4.60. The summed E-state index contributed by atoms with van der Waals surface area (Å²) in [5.41, 5.74) is 6.12. The molecule has 0 saturated carbocycles. The first kappa shape index (κ1) is 14.0. The minimum absolute atomic E-state index is 0.0169. The lowest BCUT2D eigenvalue weighted by molar-refractivity contribution is -0.145. The van der Waals surface area contributed by atoms with Crippen LogP contribution in [0.25, 0.3) is 0 Å². The van der Waals surface area contributed by atoms with Gasteiger partial charge in [0.25, 0.3) is 0 Å². The Bertz CT molecular complexity index is 450. The molecule has 0 aliphatic rings. The lowest BCUT2D eigenvalue weighted by atomic mass is 10.2. The molecule has 0 unspecified atom stereocenters. The summed E-state index contributed by atoms with van der Waals surface area (Å²) in [5, 5.41) is 2.34. The third-order valence-electron chi connectivity index (χ3n) is 2.13. The molecule has 1 rings (SSSR count). The van der Waals surface area contributed by atoms with Crippen molar-refractivity contribution in [2.75, 3.05) is 13.6 Å². The Hall–Kier alpha value is -2.02. The van der Waals surface area contributed by atoms with Crippen LogP contribution in [0.3, 0.4) is 0 Å². The maximum Gasteiger partial charge on any atom is 0.311 e. The number of carbonyl (C=O) groups is 2. The van der Waals surface area contributed by atoms with Crippen molar-refractivity contribution in [3.05, 3.63) is 30.1 Å². The largest absolute Gasteiger partial charge is 0.392 e. The third kappa shape index (κ3) is 4.46. The third-order valence-corrected chi connectivity index (χ3v) is 2.28. The summed E-state index contributed by atoms with van der Waals surface area (Å²) in [6.45, 7) is 0.352. The van der Waals surface area contributed by atoms with Gasteiger partial charge in [0.05, 0.1) is 11.5 Å². The molecule has 0 radical (unpaired) electrons. The second kappa shape index (κ2) is 6.65. The number of pyridine rings is 1.